The zero-order chi connectivity index (χ0) is 23.5. The van der Waals surface area contributed by atoms with Crippen molar-refractivity contribution in [2.45, 2.75) is 64.9 Å². The highest BCUT2D eigenvalue weighted by atomic mass is 32.2. The van der Waals surface area contributed by atoms with Gasteiger partial charge in [0.05, 0.1) is 12.9 Å². The van der Waals surface area contributed by atoms with Gasteiger partial charge in [0, 0.05) is 18.3 Å². The van der Waals surface area contributed by atoms with Crippen molar-refractivity contribution < 1.29 is 14.3 Å². The van der Waals surface area contributed by atoms with E-state index in [-0.39, 0.29) is 17.9 Å². The molecule has 2 aromatic carbocycles. The summed E-state index contributed by atoms with van der Waals surface area (Å²) in [6.45, 7) is 8.42. The minimum Gasteiger partial charge on any atom is -0.497 e. The quantitative estimate of drug-likeness (QED) is 0.490. The standard InChI is InChI=1S/C26H36N2O3S/c1-6-20(4)27-26(30)24(7-2)28(16-21-12-14-23(31-5)15-13-21)25(29)18-32-17-22-10-8-19(3)9-11-22/h8-15,20,24H,6-7,16-18H2,1-5H3,(H,27,30). The Balaban J connectivity index is 2.13. The third-order valence-electron chi connectivity index (χ3n) is 5.51. The highest BCUT2D eigenvalue weighted by Gasteiger charge is 2.29. The molecule has 0 spiro atoms. The number of hydrogen-bond acceptors (Lipinski definition) is 4. The van der Waals surface area contributed by atoms with E-state index in [0.717, 1.165) is 23.5 Å². The number of nitrogens with one attached hydrogen (secondary N) is 1. The molecule has 0 heterocycles. The molecule has 174 valence electrons. The van der Waals surface area contributed by atoms with E-state index in [2.05, 4.69) is 36.5 Å². The van der Waals surface area contributed by atoms with Crippen molar-refractivity contribution in [1.29, 1.82) is 0 Å². The van der Waals surface area contributed by atoms with E-state index in [0.29, 0.717) is 18.7 Å². The molecule has 0 aromatic heterocycles. The summed E-state index contributed by atoms with van der Waals surface area (Å²) in [7, 11) is 1.63. The van der Waals surface area contributed by atoms with Crippen molar-refractivity contribution in [3.05, 3.63) is 65.2 Å². The van der Waals surface area contributed by atoms with Gasteiger partial charge in [-0.2, -0.15) is 0 Å². The summed E-state index contributed by atoms with van der Waals surface area (Å²) >= 11 is 1.58. The highest BCUT2D eigenvalue weighted by molar-refractivity contribution is 7.99. The van der Waals surface area contributed by atoms with Gasteiger partial charge in [-0.05, 0) is 49.9 Å². The van der Waals surface area contributed by atoms with Crippen molar-refractivity contribution in [2.24, 2.45) is 0 Å². The first kappa shape index (κ1) is 25.8. The maximum atomic E-state index is 13.3. The molecule has 2 aromatic rings. The fourth-order valence-electron chi connectivity index (χ4n) is 3.31. The molecule has 2 unspecified atom stereocenters. The van der Waals surface area contributed by atoms with Gasteiger partial charge >= 0.3 is 0 Å². The number of ether oxygens (including phenoxy) is 1. The minimum absolute atomic E-state index is 0.0240. The molecule has 0 aliphatic rings. The molecule has 5 nitrogen and oxygen atoms in total. The summed E-state index contributed by atoms with van der Waals surface area (Å²) < 4.78 is 5.24. The van der Waals surface area contributed by atoms with Gasteiger partial charge in [0.1, 0.15) is 11.8 Å². The van der Waals surface area contributed by atoms with Crippen LogP contribution in [0.25, 0.3) is 0 Å². The van der Waals surface area contributed by atoms with E-state index in [1.54, 1.807) is 23.8 Å². The molecule has 0 aliphatic carbocycles. The van der Waals surface area contributed by atoms with E-state index in [9.17, 15) is 9.59 Å². The lowest BCUT2D eigenvalue weighted by Gasteiger charge is -2.31. The van der Waals surface area contributed by atoms with Crippen LogP contribution in [0.5, 0.6) is 5.75 Å². The van der Waals surface area contributed by atoms with Gasteiger partial charge in [-0.3, -0.25) is 9.59 Å². The molecule has 32 heavy (non-hydrogen) atoms. The lowest BCUT2D eigenvalue weighted by Crippen LogP contribution is -2.51. The minimum atomic E-state index is -0.501. The topological polar surface area (TPSA) is 58.6 Å². The van der Waals surface area contributed by atoms with E-state index in [1.807, 2.05) is 45.0 Å². The van der Waals surface area contributed by atoms with Gasteiger partial charge in [-0.25, -0.2) is 0 Å². The highest BCUT2D eigenvalue weighted by Crippen LogP contribution is 2.19. The molecule has 0 aliphatic heterocycles. The first-order chi connectivity index (χ1) is 15.4. The summed E-state index contributed by atoms with van der Waals surface area (Å²) in [4.78, 5) is 28.0. The average Bonchev–Trinajstić information content (AvgIpc) is 2.80. The number of rotatable bonds is 12. The van der Waals surface area contributed by atoms with Gasteiger partial charge in [0.15, 0.2) is 0 Å². The van der Waals surface area contributed by atoms with Crippen LogP contribution >= 0.6 is 11.8 Å². The van der Waals surface area contributed by atoms with Crippen LogP contribution in [0.4, 0.5) is 0 Å². The zero-order valence-corrected chi connectivity index (χ0v) is 20.7. The second-order valence-corrected chi connectivity index (χ2v) is 9.08. The Hall–Kier alpha value is -2.47. The molecule has 2 atom stereocenters. The first-order valence-electron chi connectivity index (χ1n) is 11.2. The molecule has 0 bridgehead atoms. The molecule has 1 N–H and O–H groups in total. The molecular formula is C26H36N2O3S. The number of thioether (sulfide) groups is 1. The summed E-state index contributed by atoms with van der Waals surface area (Å²) in [5.74, 6) is 1.74. The number of methoxy groups -OCH3 is 1. The van der Waals surface area contributed by atoms with Crippen LogP contribution in [-0.2, 0) is 21.9 Å². The molecule has 6 heteroatoms. The third kappa shape index (κ3) is 7.90. The van der Waals surface area contributed by atoms with E-state index in [1.165, 1.54) is 11.1 Å². The maximum Gasteiger partial charge on any atom is 0.243 e. The van der Waals surface area contributed by atoms with Crippen molar-refractivity contribution in [1.82, 2.24) is 10.2 Å². The maximum absolute atomic E-state index is 13.3. The molecule has 2 amide bonds. The Bertz CT molecular complexity index is 852. The average molecular weight is 457 g/mol. The third-order valence-corrected chi connectivity index (χ3v) is 6.50. The lowest BCUT2D eigenvalue weighted by molar-refractivity contribution is -0.139. The number of carbonyl (C=O) groups excluding carboxylic acids is 2. The zero-order valence-electron chi connectivity index (χ0n) is 19.9. The van der Waals surface area contributed by atoms with Crippen LogP contribution in [0.3, 0.4) is 0 Å². The van der Waals surface area contributed by atoms with Gasteiger partial charge < -0.3 is 15.0 Å². The lowest BCUT2D eigenvalue weighted by atomic mass is 10.1. The number of hydrogen-bond donors (Lipinski definition) is 1. The van der Waals surface area contributed by atoms with E-state index < -0.39 is 6.04 Å². The van der Waals surface area contributed by atoms with Crippen molar-refractivity contribution in [3.63, 3.8) is 0 Å². The SMILES string of the molecule is CCC(C)NC(=O)C(CC)N(Cc1ccc(OC)cc1)C(=O)CSCc1ccc(C)cc1. The van der Waals surface area contributed by atoms with Crippen LogP contribution < -0.4 is 10.1 Å². The molecule has 0 radical (unpaired) electrons. The molecule has 2 rings (SSSR count). The Labute approximate surface area is 196 Å². The second kappa shape index (κ2) is 13.2. The van der Waals surface area contributed by atoms with Gasteiger partial charge in [-0.1, -0.05) is 55.8 Å². The molecule has 0 saturated carbocycles. The Morgan fingerprint density at radius 3 is 2.19 bits per heavy atom. The van der Waals surface area contributed by atoms with Gasteiger partial charge in [0.25, 0.3) is 0 Å². The van der Waals surface area contributed by atoms with Gasteiger partial charge in [0.2, 0.25) is 11.8 Å². The summed E-state index contributed by atoms with van der Waals surface area (Å²) in [5, 5.41) is 3.05. The van der Waals surface area contributed by atoms with Gasteiger partial charge in [-0.15, -0.1) is 11.8 Å². The Kier molecular flexibility index (Phi) is 10.6. The van der Waals surface area contributed by atoms with Crippen molar-refractivity contribution >= 4 is 23.6 Å². The number of carbonyl (C=O) groups is 2. The van der Waals surface area contributed by atoms with E-state index >= 15 is 0 Å². The smallest absolute Gasteiger partial charge is 0.243 e. The van der Waals surface area contributed by atoms with E-state index in [4.69, 9.17) is 4.74 Å². The number of benzene rings is 2. The first-order valence-corrected chi connectivity index (χ1v) is 12.4. The molecular weight excluding hydrogens is 420 g/mol. The number of aryl methyl sites for hydroxylation is 1. The van der Waals surface area contributed by atoms with Crippen LogP contribution in [0, 0.1) is 6.92 Å². The summed E-state index contributed by atoms with van der Waals surface area (Å²) in [6, 6.07) is 15.6. The predicted octanol–water partition coefficient (Wildman–Crippen LogP) is 4.96. The fourth-order valence-corrected chi connectivity index (χ4v) is 4.18. The number of nitrogens with zero attached hydrogens (tertiary/aromatic N) is 1. The van der Waals surface area contributed by atoms with Crippen LogP contribution in [0.1, 0.15) is 50.3 Å². The number of amides is 2. The van der Waals surface area contributed by atoms with Crippen LogP contribution in [0.2, 0.25) is 0 Å². The normalized spacial score (nSPS) is 12.7. The fraction of sp³-hybridized carbons (Fsp3) is 0.462. The second-order valence-electron chi connectivity index (χ2n) is 8.09. The molecule has 0 saturated heterocycles. The van der Waals surface area contributed by atoms with Crippen LogP contribution in [-0.4, -0.2) is 41.7 Å². The Morgan fingerprint density at radius 1 is 1.00 bits per heavy atom. The van der Waals surface area contributed by atoms with Crippen LogP contribution in [0.15, 0.2) is 48.5 Å². The summed E-state index contributed by atoms with van der Waals surface area (Å²) in [5.41, 5.74) is 3.38. The monoisotopic (exact) mass is 456 g/mol. The molecule has 0 fully saturated rings. The summed E-state index contributed by atoms with van der Waals surface area (Å²) in [6.07, 6.45) is 1.41. The Morgan fingerprint density at radius 2 is 1.62 bits per heavy atom. The van der Waals surface area contributed by atoms with Crippen molar-refractivity contribution in [3.8, 4) is 5.75 Å². The largest absolute Gasteiger partial charge is 0.497 e. The van der Waals surface area contributed by atoms with Crippen molar-refractivity contribution in [2.75, 3.05) is 12.9 Å². The predicted molar refractivity (Wildman–Crippen MR) is 133 cm³/mol.